The van der Waals surface area contributed by atoms with E-state index in [2.05, 4.69) is 39.8 Å². The van der Waals surface area contributed by atoms with Gasteiger partial charge in [0, 0.05) is 0 Å². The second kappa shape index (κ2) is 11.7. The number of hydrogen-bond donors (Lipinski definition) is 0. The van der Waals surface area contributed by atoms with Crippen molar-refractivity contribution in [3.05, 3.63) is 41.3 Å². The molecule has 0 aliphatic rings. The van der Waals surface area contributed by atoms with Crippen molar-refractivity contribution in [1.29, 1.82) is 0 Å². The predicted molar refractivity (Wildman–Crippen MR) is 101 cm³/mol. The van der Waals surface area contributed by atoms with E-state index in [9.17, 15) is 0 Å². The molecule has 0 bridgehead atoms. The van der Waals surface area contributed by atoms with Gasteiger partial charge in [0.05, 0.1) is 0 Å². The number of unbranched alkanes of at least 4 members (excludes halogenated alkanes) is 4. The Morgan fingerprint density at radius 1 is 0.682 bits per heavy atom. The maximum Gasteiger partial charge on any atom is -0.0274 e. The zero-order valence-electron chi connectivity index (χ0n) is 15.3. The second-order valence-corrected chi connectivity index (χ2v) is 6.66. The molecule has 0 aliphatic carbocycles. The summed E-state index contributed by atoms with van der Waals surface area (Å²) in [6.07, 6.45) is 15.2. The van der Waals surface area contributed by atoms with E-state index in [1.165, 1.54) is 70.6 Å². The van der Waals surface area contributed by atoms with Crippen LogP contribution < -0.4 is 0 Å². The molecule has 22 heavy (non-hydrogen) atoms. The molecule has 0 spiro atoms. The highest BCUT2D eigenvalue weighted by molar-refractivity contribution is 5.40. The highest BCUT2D eigenvalue weighted by atomic mass is 14.2. The van der Waals surface area contributed by atoms with E-state index in [0.717, 1.165) is 6.42 Å². The molecule has 0 heterocycles. The molecule has 1 rings (SSSR count). The fourth-order valence-corrected chi connectivity index (χ4v) is 3.20. The quantitative estimate of drug-likeness (QED) is 0.395. The van der Waals surface area contributed by atoms with Gasteiger partial charge in [0.2, 0.25) is 0 Å². The number of aryl methyl sites for hydroxylation is 3. The average Bonchev–Trinajstić information content (AvgIpc) is 2.54. The van der Waals surface area contributed by atoms with Gasteiger partial charge in [-0.25, -0.2) is 0 Å². The summed E-state index contributed by atoms with van der Waals surface area (Å²) in [5, 5.41) is 0. The molecule has 1 aromatic carbocycles. The van der Waals surface area contributed by atoms with E-state index in [0.29, 0.717) is 0 Å². The summed E-state index contributed by atoms with van der Waals surface area (Å²) in [4.78, 5) is 0. The lowest BCUT2D eigenvalue weighted by Crippen LogP contribution is -2.04. The summed E-state index contributed by atoms with van der Waals surface area (Å²) in [6.45, 7) is 10.9. The molecule has 0 aliphatic heterocycles. The maximum absolute atomic E-state index is 4.00. The molecule has 0 aromatic heterocycles. The monoisotopic (exact) mass is 301 g/mol. The minimum absolute atomic E-state index is 1.05. The SMILES string of the molecule is [CH2]CCCc1cc(CCCC)c(CCCC)c(CCCC)c1. The van der Waals surface area contributed by atoms with Crippen LogP contribution in [0.3, 0.4) is 0 Å². The van der Waals surface area contributed by atoms with Crippen molar-refractivity contribution in [2.24, 2.45) is 0 Å². The fourth-order valence-electron chi connectivity index (χ4n) is 3.20. The molecule has 0 saturated heterocycles. The third-order valence-electron chi connectivity index (χ3n) is 4.59. The van der Waals surface area contributed by atoms with E-state index in [1.54, 1.807) is 22.3 Å². The van der Waals surface area contributed by atoms with E-state index >= 15 is 0 Å². The first-order valence-corrected chi connectivity index (χ1v) is 9.69. The smallest absolute Gasteiger partial charge is 0.0274 e. The summed E-state index contributed by atoms with van der Waals surface area (Å²) in [7, 11) is 0. The number of rotatable bonds is 12. The van der Waals surface area contributed by atoms with Crippen molar-refractivity contribution in [3.8, 4) is 0 Å². The Kier molecular flexibility index (Phi) is 10.3. The third-order valence-corrected chi connectivity index (χ3v) is 4.59. The predicted octanol–water partition coefficient (Wildman–Crippen LogP) is 6.87. The summed E-state index contributed by atoms with van der Waals surface area (Å²) < 4.78 is 0. The molecule has 1 radical (unpaired) electrons. The van der Waals surface area contributed by atoms with Crippen LogP contribution in [0.5, 0.6) is 0 Å². The van der Waals surface area contributed by atoms with Crippen molar-refractivity contribution in [2.45, 2.75) is 97.8 Å². The van der Waals surface area contributed by atoms with Crippen LogP contribution in [0.1, 0.15) is 94.4 Å². The largest absolute Gasteiger partial charge is 0.0654 e. The summed E-state index contributed by atoms with van der Waals surface area (Å²) in [5.41, 5.74) is 6.56. The first kappa shape index (κ1) is 19.3. The van der Waals surface area contributed by atoms with Crippen LogP contribution >= 0.6 is 0 Å². The Balaban J connectivity index is 3.07. The van der Waals surface area contributed by atoms with Crippen molar-refractivity contribution < 1.29 is 0 Å². The van der Waals surface area contributed by atoms with Crippen LogP contribution in [0.4, 0.5) is 0 Å². The van der Waals surface area contributed by atoms with E-state index in [1.807, 2.05) is 0 Å². The van der Waals surface area contributed by atoms with Gasteiger partial charge in [0.1, 0.15) is 0 Å². The van der Waals surface area contributed by atoms with Crippen molar-refractivity contribution in [2.75, 3.05) is 0 Å². The highest BCUT2D eigenvalue weighted by Crippen LogP contribution is 2.25. The molecule has 0 heteroatoms. The Labute approximate surface area is 139 Å². The van der Waals surface area contributed by atoms with Crippen LogP contribution in [0.15, 0.2) is 12.1 Å². The molecule has 0 nitrogen and oxygen atoms in total. The van der Waals surface area contributed by atoms with Gasteiger partial charge in [-0.3, -0.25) is 0 Å². The topological polar surface area (TPSA) is 0 Å². The van der Waals surface area contributed by atoms with Gasteiger partial charge >= 0.3 is 0 Å². The number of benzene rings is 1. The van der Waals surface area contributed by atoms with Crippen LogP contribution in [-0.2, 0) is 25.7 Å². The molecule has 1 aromatic rings. The molecule has 0 atom stereocenters. The maximum atomic E-state index is 4.00. The molecule has 0 saturated carbocycles. The zero-order valence-corrected chi connectivity index (χ0v) is 15.3. The fraction of sp³-hybridized carbons (Fsp3) is 0.682. The first-order valence-electron chi connectivity index (χ1n) is 9.69. The van der Waals surface area contributed by atoms with E-state index < -0.39 is 0 Å². The summed E-state index contributed by atoms with van der Waals surface area (Å²) in [6, 6.07) is 5.04. The van der Waals surface area contributed by atoms with Crippen LogP contribution in [0.25, 0.3) is 0 Å². The normalized spacial score (nSPS) is 11.1. The van der Waals surface area contributed by atoms with Gasteiger partial charge in [0.25, 0.3) is 0 Å². The molecule has 0 amide bonds. The lowest BCUT2D eigenvalue weighted by atomic mass is 9.88. The van der Waals surface area contributed by atoms with Gasteiger partial charge in [0.15, 0.2) is 0 Å². The molecule has 0 N–H and O–H groups in total. The Hall–Kier alpha value is -0.780. The lowest BCUT2D eigenvalue weighted by molar-refractivity contribution is 0.730. The average molecular weight is 302 g/mol. The molecular weight excluding hydrogens is 264 g/mol. The summed E-state index contributed by atoms with van der Waals surface area (Å²) in [5.74, 6) is 0. The van der Waals surface area contributed by atoms with E-state index in [4.69, 9.17) is 0 Å². The Bertz CT molecular complexity index is 373. The number of hydrogen-bond acceptors (Lipinski definition) is 0. The van der Waals surface area contributed by atoms with Crippen LogP contribution in [0.2, 0.25) is 0 Å². The van der Waals surface area contributed by atoms with Crippen molar-refractivity contribution >= 4 is 0 Å². The Morgan fingerprint density at radius 3 is 1.64 bits per heavy atom. The standard InChI is InChI=1S/C22H37/c1-5-9-13-19-17-20(14-10-6-2)22(16-12-8-4)21(18-19)15-11-7-3/h17-18H,1,5-16H2,2-4H3. The second-order valence-electron chi connectivity index (χ2n) is 6.66. The van der Waals surface area contributed by atoms with Gasteiger partial charge in [-0.15, -0.1) is 0 Å². The van der Waals surface area contributed by atoms with Crippen LogP contribution in [0, 0.1) is 6.92 Å². The van der Waals surface area contributed by atoms with Gasteiger partial charge < -0.3 is 0 Å². The van der Waals surface area contributed by atoms with Crippen molar-refractivity contribution in [3.63, 3.8) is 0 Å². The van der Waals surface area contributed by atoms with Gasteiger partial charge in [-0.1, -0.05) is 65.5 Å². The van der Waals surface area contributed by atoms with Gasteiger partial charge in [-0.05, 0) is 73.6 Å². The summed E-state index contributed by atoms with van der Waals surface area (Å²) >= 11 is 0. The van der Waals surface area contributed by atoms with Gasteiger partial charge in [-0.2, -0.15) is 0 Å². The highest BCUT2D eigenvalue weighted by Gasteiger charge is 2.10. The first-order chi connectivity index (χ1) is 10.8. The van der Waals surface area contributed by atoms with Crippen molar-refractivity contribution in [1.82, 2.24) is 0 Å². The lowest BCUT2D eigenvalue weighted by Gasteiger charge is -2.18. The molecule has 0 unspecified atom stereocenters. The Morgan fingerprint density at radius 2 is 1.18 bits per heavy atom. The molecule has 0 fully saturated rings. The zero-order chi connectivity index (χ0) is 16.2. The minimum Gasteiger partial charge on any atom is -0.0654 e. The van der Waals surface area contributed by atoms with Crippen LogP contribution in [-0.4, -0.2) is 0 Å². The van der Waals surface area contributed by atoms with E-state index in [-0.39, 0.29) is 0 Å². The minimum atomic E-state index is 1.05. The molecule has 125 valence electrons. The molecular formula is C22H37. The third kappa shape index (κ3) is 6.55.